The number of benzene rings is 3. The van der Waals surface area contributed by atoms with Gasteiger partial charge in [-0.15, -0.1) is 0 Å². The molecular formula is C37H31NO6. The third kappa shape index (κ3) is 6.22. The van der Waals surface area contributed by atoms with Crippen molar-refractivity contribution in [3.63, 3.8) is 0 Å². The number of carbonyl (C=O) groups excluding carboxylic acids is 3. The summed E-state index contributed by atoms with van der Waals surface area (Å²) in [6.45, 7) is 4.17. The maximum Gasteiger partial charge on any atom is 0.308 e. The van der Waals surface area contributed by atoms with Crippen LogP contribution in [0, 0.1) is 0 Å². The van der Waals surface area contributed by atoms with Crippen LogP contribution in [0.4, 0.5) is 0 Å². The highest BCUT2D eigenvalue weighted by molar-refractivity contribution is 5.93. The SMILES string of the molecule is CC(=O)Oc1ccc(C=C2CCc3c2nc2c(c3-c3ccc(OC(C)=O)cc3)CCC2=Cc2ccc(OC(C)=O)cc2)cc1. The van der Waals surface area contributed by atoms with E-state index in [1.807, 2.05) is 48.5 Å². The summed E-state index contributed by atoms with van der Waals surface area (Å²) in [6.07, 6.45) is 7.75. The van der Waals surface area contributed by atoms with Crippen LogP contribution in [-0.4, -0.2) is 22.9 Å². The number of fused-ring (bicyclic) bond motifs is 2. The zero-order chi connectivity index (χ0) is 30.8. The number of rotatable bonds is 6. The first-order valence-electron chi connectivity index (χ1n) is 14.6. The molecule has 7 heteroatoms. The molecule has 2 aliphatic rings. The Hall–Kier alpha value is -5.30. The van der Waals surface area contributed by atoms with E-state index in [2.05, 4.69) is 12.2 Å². The van der Waals surface area contributed by atoms with Crippen LogP contribution in [0.25, 0.3) is 34.4 Å². The van der Waals surface area contributed by atoms with Crippen LogP contribution >= 0.6 is 0 Å². The van der Waals surface area contributed by atoms with Crippen LogP contribution in [0.1, 0.15) is 67.3 Å². The van der Waals surface area contributed by atoms with Crippen LogP contribution in [0.15, 0.2) is 72.8 Å². The number of allylic oxidation sites excluding steroid dienone is 2. The highest BCUT2D eigenvalue weighted by Gasteiger charge is 2.30. The lowest BCUT2D eigenvalue weighted by atomic mass is 9.93. The summed E-state index contributed by atoms with van der Waals surface area (Å²) in [5, 5.41) is 0. The van der Waals surface area contributed by atoms with Gasteiger partial charge in [-0.25, -0.2) is 4.98 Å². The Labute approximate surface area is 255 Å². The molecule has 2 aliphatic carbocycles. The summed E-state index contributed by atoms with van der Waals surface area (Å²) in [5.74, 6) is 0.483. The second-order valence-electron chi connectivity index (χ2n) is 10.9. The summed E-state index contributed by atoms with van der Waals surface area (Å²) in [4.78, 5) is 39.5. The van der Waals surface area contributed by atoms with Gasteiger partial charge in [0.25, 0.3) is 0 Å². The Bertz CT molecular complexity index is 1730. The van der Waals surface area contributed by atoms with E-state index in [1.165, 1.54) is 37.5 Å². The maximum atomic E-state index is 11.5. The van der Waals surface area contributed by atoms with Crippen LogP contribution in [0.2, 0.25) is 0 Å². The van der Waals surface area contributed by atoms with Crippen molar-refractivity contribution < 1.29 is 28.6 Å². The summed E-state index contributed by atoms with van der Waals surface area (Å²) in [7, 11) is 0. The zero-order valence-corrected chi connectivity index (χ0v) is 24.8. The van der Waals surface area contributed by atoms with E-state index < -0.39 is 0 Å². The molecule has 1 heterocycles. The van der Waals surface area contributed by atoms with Gasteiger partial charge in [0.05, 0.1) is 11.4 Å². The van der Waals surface area contributed by atoms with Gasteiger partial charge < -0.3 is 14.2 Å². The van der Waals surface area contributed by atoms with Gasteiger partial charge >= 0.3 is 17.9 Å². The summed E-state index contributed by atoms with van der Waals surface area (Å²) < 4.78 is 15.7. The molecule has 0 unspecified atom stereocenters. The van der Waals surface area contributed by atoms with Crippen molar-refractivity contribution in [2.45, 2.75) is 46.5 Å². The average Bonchev–Trinajstić information content (AvgIpc) is 3.57. The van der Waals surface area contributed by atoms with Crippen molar-refractivity contribution in [2.75, 3.05) is 0 Å². The molecule has 0 atom stereocenters. The van der Waals surface area contributed by atoms with Gasteiger partial charge in [0.15, 0.2) is 0 Å². The van der Waals surface area contributed by atoms with Gasteiger partial charge in [-0.3, -0.25) is 14.4 Å². The van der Waals surface area contributed by atoms with Crippen LogP contribution in [0.3, 0.4) is 0 Å². The van der Waals surface area contributed by atoms with E-state index in [0.717, 1.165) is 64.9 Å². The molecule has 6 rings (SSSR count). The first-order valence-corrected chi connectivity index (χ1v) is 14.6. The van der Waals surface area contributed by atoms with E-state index in [0.29, 0.717) is 17.2 Å². The van der Waals surface area contributed by atoms with Crippen LogP contribution < -0.4 is 14.2 Å². The molecule has 0 radical (unpaired) electrons. The van der Waals surface area contributed by atoms with E-state index in [-0.39, 0.29) is 17.9 Å². The van der Waals surface area contributed by atoms with Crippen LogP contribution in [0.5, 0.6) is 17.2 Å². The zero-order valence-electron chi connectivity index (χ0n) is 24.8. The summed E-state index contributed by atoms with van der Waals surface area (Å²) in [5.41, 5.74) is 11.0. The number of hydrogen-bond acceptors (Lipinski definition) is 7. The fraction of sp³-hybridized carbons (Fsp3) is 0.189. The largest absolute Gasteiger partial charge is 0.427 e. The fourth-order valence-corrected chi connectivity index (χ4v) is 5.92. The Morgan fingerprint density at radius 3 is 1.27 bits per heavy atom. The predicted octanol–water partition coefficient (Wildman–Crippen LogP) is 7.50. The number of esters is 3. The minimum absolute atomic E-state index is 0.350. The molecule has 0 saturated heterocycles. The standard InChI is InChI=1S/C37H31NO6/c1-22(39)42-30-12-4-25(5-13-30)20-28-10-18-33-35(27-8-16-32(17-9-27)44-24(3)41)34-19-11-29(37(34)38-36(28)33)21-26-6-14-31(15-7-26)43-23(2)40/h4-9,12-17,20-21H,10-11,18-19H2,1-3H3. The van der Waals surface area contributed by atoms with Crippen molar-refractivity contribution in [1.82, 2.24) is 4.98 Å². The third-order valence-corrected chi connectivity index (χ3v) is 7.67. The van der Waals surface area contributed by atoms with Gasteiger partial charge in [-0.2, -0.15) is 0 Å². The molecule has 3 aromatic carbocycles. The Balaban J connectivity index is 1.43. The van der Waals surface area contributed by atoms with Gasteiger partial charge in [0, 0.05) is 20.8 Å². The number of nitrogens with zero attached hydrogens (tertiary/aromatic N) is 1. The average molecular weight is 586 g/mol. The third-order valence-electron chi connectivity index (χ3n) is 7.67. The molecule has 4 aromatic rings. The smallest absolute Gasteiger partial charge is 0.308 e. The highest BCUT2D eigenvalue weighted by Crippen LogP contribution is 2.46. The lowest BCUT2D eigenvalue weighted by molar-refractivity contribution is -0.132. The number of carbonyl (C=O) groups is 3. The van der Waals surface area contributed by atoms with Crippen molar-refractivity contribution in [1.29, 1.82) is 0 Å². The minimum Gasteiger partial charge on any atom is -0.427 e. The molecule has 0 spiro atoms. The molecule has 1 aromatic heterocycles. The molecule has 0 aliphatic heterocycles. The highest BCUT2D eigenvalue weighted by atomic mass is 16.5. The molecule has 0 N–H and O–H groups in total. The molecule has 0 saturated carbocycles. The summed E-state index contributed by atoms with van der Waals surface area (Å²) >= 11 is 0. The van der Waals surface area contributed by atoms with E-state index in [1.54, 1.807) is 24.3 Å². The molecule has 7 nitrogen and oxygen atoms in total. The van der Waals surface area contributed by atoms with Crippen molar-refractivity contribution in [3.8, 4) is 28.4 Å². The lowest BCUT2D eigenvalue weighted by Crippen LogP contribution is -2.02. The summed E-state index contributed by atoms with van der Waals surface area (Å²) in [6, 6.07) is 22.6. The number of hydrogen-bond donors (Lipinski definition) is 0. The lowest BCUT2D eigenvalue weighted by Gasteiger charge is -2.15. The van der Waals surface area contributed by atoms with Gasteiger partial charge in [0.1, 0.15) is 17.2 Å². The number of aromatic nitrogens is 1. The second kappa shape index (κ2) is 12.1. The topological polar surface area (TPSA) is 91.8 Å². The van der Waals surface area contributed by atoms with Crippen molar-refractivity contribution in [2.24, 2.45) is 0 Å². The van der Waals surface area contributed by atoms with Crippen LogP contribution in [-0.2, 0) is 27.2 Å². The fourth-order valence-electron chi connectivity index (χ4n) is 5.92. The minimum atomic E-state index is -0.352. The molecule has 0 bridgehead atoms. The Morgan fingerprint density at radius 2 is 0.909 bits per heavy atom. The van der Waals surface area contributed by atoms with Crippen molar-refractivity contribution >= 4 is 41.2 Å². The second-order valence-corrected chi connectivity index (χ2v) is 10.9. The van der Waals surface area contributed by atoms with Gasteiger partial charge in [-0.1, -0.05) is 36.4 Å². The molecule has 0 amide bonds. The normalized spacial score (nSPS) is 15.2. The molecule has 44 heavy (non-hydrogen) atoms. The quantitative estimate of drug-likeness (QED) is 0.171. The first kappa shape index (κ1) is 28.8. The number of pyridine rings is 1. The monoisotopic (exact) mass is 585 g/mol. The van der Waals surface area contributed by atoms with E-state index in [4.69, 9.17) is 19.2 Å². The van der Waals surface area contributed by atoms with E-state index in [9.17, 15) is 14.4 Å². The molecular weight excluding hydrogens is 554 g/mol. The number of ether oxygens (including phenoxy) is 3. The van der Waals surface area contributed by atoms with Gasteiger partial charge in [-0.05, 0) is 119 Å². The molecule has 220 valence electrons. The Morgan fingerprint density at radius 1 is 0.545 bits per heavy atom. The van der Waals surface area contributed by atoms with Gasteiger partial charge in [0.2, 0.25) is 0 Å². The molecule has 0 fully saturated rings. The van der Waals surface area contributed by atoms with E-state index >= 15 is 0 Å². The Kier molecular flexibility index (Phi) is 7.94. The predicted molar refractivity (Wildman–Crippen MR) is 169 cm³/mol. The first-order chi connectivity index (χ1) is 21.2. The van der Waals surface area contributed by atoms with Crippen molar-refractivity contribution in [3.05, 3.63) is 106 Å². The maximum absolute atomic E-state index is 11.5.